The molecule has 0 saturated heterocycles. The Morgan fingerprint density at radius 3 is 2.59 bits per heavy atom. The number of aryl methyl sites for hydroxylation is 1. The fourth-order valence-electron chi connectivity index (χ4n) is 2.11. The summed E-state index contributed by atoms with van der Waals surface area (Å²) in [5.41, 5.74) is 6.10. The third-order valence-electron chi connectivity index (χ3n) is 3.23. The van der Waals surface area contributed by atoms with E-state index in [2.05, 4.69) is 16.5 Å². The molecule has 0 amide bonds. The van der Waals surface area contributed by atoms with E-state index in [0.29, 0.717) is 6.04 Å². The second-order valence-electron chi connectivity index (χ2n) is 4.91. The molecule has 0 aliphatic heterocycles. The van der Waals surface area contributed by atoms with Crippen molar-refractivity contribution in [3.8, 4) is 0 Å². The Morgan fingerprint density at radius 2 is 1.88 bits per heavy atom. The summed E-state index contributed by atoms with van der Waals surface area (Å²) < 4.78 is 2.12. The van der Waals surface area contributed by atoms with Crippen LogP contribution in [0.15, 0.2) is 18.7 Å². The van der Waals surface area contributed by atoms with Crippen LogP contribution in [0.5, 0.6) is 0 Å². The predicted molar refractivity (Wildman–Crippen MR) is 72.8 cm³/mol. The van der Waals surface area contributed by atoms with Crippen LogP contribution in [0.3, 0.4) is 0 Å². The Kier molecular flexibility index (Phi) is 7.72. The molecule has 1 aromatic rings. The van der Waals surface area contributed by atoms with Gasteiger partial charge in [-0.25, -0.2) is 4.98 Å². The van der Waals surface area contributed by atoms with Gasteiger partial charge in [-0.1, -0.05) is 39.0 Å². The maximum absolute atomic E-state index is 6.10. The quantitative estimate of drug-likeness (QED) is 0.634. The molecule has 17 heavy (non-hydrogen) atoms. The lowest BCUT2D eigenvalue weighted by molar-refractivity contribution is 0.483. The molecule has 0 aromatic carbocycles. The van der Waals surface area contributed by atoms with Crippen LogP contribution in [0.25, 0.3) is 0 Å². The lowest BCUT2D eigenvalue weighted by atomic mass is 10.0. The van der Waals surface area contributed by atoms with E-state index in [0.717, 1.165) is 19.4 Å². The maximum Gasteiger partial charge on any atom is 0.0945 e. The van der Waals surface area contributed by atoms with E-state index in [-0.39, 0.29) is 0 Å². The number of unbranched alkanes of at least 4 members (excludes halogenated alkanes) is 4. The molecule has 0 aliphatic rings. The number of hydrogen-bond acceptors (Lipinski definition) is 2. The van der Waals surface area contributed by atoms with Gasteiger partial charge in [0, 0.05) is 25.0 Å². The van der Waals surface area contributed by atoms with Crippen LogP contribution >= 0.6 is 0 Å². The topological polar surface area (TPSA) is 43.8 Å². The zero-order chi connectivity index (χ0) is 12.3. The standard InChI is InChI=1S/C14H27N3/c1-2-3-4-5-6-8-14(15)9-7-11-17-12-10-16-13-17/h10,12-14H,2-9,11,15H2,1H3. The van der Waals surface area contributed by atoms with Crippen LogP contribution in [0.2, 0.25) is 0 Å². The average molecular weight is 237 g/mol. The zero-order valence-electron chi connectivity index (χ0n) is 11.1. The molecule has 0 spiro atoms. The highest BCUT2D eigenvalue weighted by Gasteiger charge is 2.02. The first kappa shape index (κ1) is 14.2. The molecule has 1 atom stereocenters. The van der Waals surface area contributed by atoms with Crippen molar-refractivity contribution in [2.75, 3.05) is 0 Å². The largest absolute Gasteiger partial charge is 0.337 e. The van der Waals surface area contributed by atoms with Crippen LogP contribution in [0.4, 0.5) is 0 Å². The zero-order valence-corrected chi connectivity index (χ0v) is 11.1. The Hall–Kier alpha value is -0.830. The van der Waals surface area contributed by atoms with Crippen LogP contribution in [-0.4, -0.2) is 15.6 Å². The number of aromatic nitrogens is 2. The van der Waals surface area contributed by atoms with Gasteiger partial charge in [0.1, 0.15) is 0 Å². The number of nitrogens with zero attached hydrogens (tertiary/aromatic N) is 2. The second kappa shape index (κ2) is 9.23. The molecule has 3 nitrogen and oxygen atoms in total. The molecule has 1 heterocycles. The van der Waals surface area contributed by atoms with E-state index in [9.17, 15) is 0 Å². The first-order valence-corrected chi connectivity index (χ1v) is 7.04. The van der Waals surface area contributed by atoms with Gasteiger partial charge in [0.05, 0.1) is 6.33 Å². The third kappa shape index (κ3) is 7.16. The van der Waals surface area contributed by atoms with Gasteiger partial charge in [-0.05, 0) is 19.3 Å². The lowest BCUT2D eigenvalue weighted by Crippen LogP contribution is -2.20. The SMILES string of the molecule is CCCCCCCC(N)CCCn1ccnc1. The van der Waals surface area contributed by atoms with Gasteiger partial charge in [-0.3, -0.25) is 0 Å². The van der Waals surface area contributed by atoms with Crippen LogP contribution in [0.1, 0.15) is 58.3 Å². The summed E-state index contributed by atoms with van der Waals surface area (Å²) in [5, 5.41) is 0. The molecule has 1 unspecified atom stereocenters. The third-order valence-corrected chi connectivity index (χ3v) is 3.23. The van der Waals surface area contributed by atoms with Crippen molar-refractivity contribution in [1.29, 1.82) is 0 Å². The normalized spacial score (nSPS) is 12.8. The molecular formula is C14H27N3. The Morgan fingerprint density at radius 1 is 1.12 bits per heavy atom. The van der Waals surface area contributed by atoms with E-state index in [1.54, 1.807) is 0 Å². The van der Waals surface area contributed by atoms with E-state index in [1.165, 1.54) is 38.5 Å². The summed E-state index contributed by atoms with van der Waals surface area (Å²) >= 11 is 0. The van der Waals surface area contributed by atoms with Crippen LogP contribution in [0, 0.1) is 0 Å². The lowest BCUT2D eigenvalue weighted by Gasteiger charge is -2.11. The summed E-state index contributed by atoms with van der Waals surface area (Å²) in [6.07, 6.45) is 15.9. The molecule has 0 aliphatic carbocycles. The fraction of sp³-hybridized carbons (Fsp3) is 0.786. The molecule has 0 saturated carbocycles. The van der Waals surface area contributed by atoms with E-state index in [4.69, 9.17) is 5.73 Å². The minimum Gasteiger partial charge on any atom is -0.337 e. The molecule has 1 rings (SSSR count). The summed E-state index contributed by atoms with van der Waals surface area (Å²) in [7, 11) is 0. The monoisotopic (exact) mass is 237 g/mol. The smallest absolute Gasteiger partial charge is 0.0945 e. The summed E-state index contributed by atoms with van der Waals surface area (Å²) in [6.45, 7) is 3.30. The van der Waals surface area contributed by atoms with Gasteiger partial charge in [0.2, 0.25) is 0 Å². The van der Waals surface area contributed by atoms with Gasteiger partial charge in [-0.15, -0.1) is 0 Å². The first-order chi connectivity index (χ1) is 8.33. The van der Waals surface area contributed by atoms with Gasteiger partial charge >= 0.3 is 0 Å². The van der Waals surface area contributed by atoms with Gasteiger partial charge in [0.25, 0.3) is 0 Å². The van der Waals surface area contributed by atoms with Gasteiger partial charge in [-0.2, -0.15) is 0 Å². The van der Waals surface area contributed by atoms with Crippen molar-refractivity contribution in [1.82, 2.24) is 9.55 Å². The van der Waals surface area contributed by atoms with E-state index >= 15 is 0 Å². The van der Waals surface area contributed by atoms with Crippen molar-refractivity contribution in [2.24, 2.45) is 5.73 Å². The number of hydrogen-bond donors (Lipinski definition) is 1. The van der Waals surface area contributed by atoms with Gasteiger partial charge in [0.15, 0.2) is 0 Å². The van der Waals surface area contributed by atoms with E-state index in [1.807, 2.05) is 18.7 Å². The van der Waals surface area contributed by atoms with Crippen LogP contribution < -0.4 is 5.73 Å². The van der Waals surface area contributed by atoms with Crippen molar-refractivity contribution in [2.45, 2.75) is 70.9 Å². The summed E-state index contributed by atoms with van der Waals surface area (Å²) in [6, 6.07) is 0.389. The van der Waals surface area contributed by atoms with E-state index < -0.39 is 0 Å². The van der Waals surface area contributed by atoms with Gasteiger partial charge < -0.3 is 10.3 Å². The van der Waals surface area contributed by atoms with Crippen molar-refractivity contribution < 1.29 is 0 Å². The molecule has 2 N–H and O–H groups in total. The average Bonchev–Trinajstić information content (AvgIpc) is 2.82. The molecule has 98 valence electrons. The Bertz CT molecular complexity index is 256. The van der Waals surface area contributed by atoms with Crippen LogP contribution in [-0.2, 0) is 6.54 Å². The number of imidazole rings is 1. The summed E-state index contributed by atoms with van der Waals surface area (Å²) in [5.74, 6) is 0. The van der Waals surface area contributed by atoms with Crippen molar-refractivity contribution in [3.63, 3.8) is 0 Å². The number of rotatable bonds is 10. The molecular weight excluding hydrogens is 210 g/mol. The second-order valence-corrected chi connectivity index (χ2v) is 4.91. The fourth-order valence-corrected chi connectivity index (χ4v) is 2.11. The highest BCUT2D eigenvalue weighted by molar-refractivity contribution is 4.74. The Balaban J connectivity index is 1.92. The predicted octanol–water partition coefficient (Wildman–Crippen LogP) is 3.35. The molecule has 0 bridgehead atoms. The van der Waals surface area contributed by atoms with Crippen molar-refractivity contribution in [3.05, 3.63) is 18.7 Å². The molecule has 0 fully saturated rings. The molecule has 3 heteroatoms. The minimum absolute atomic E-state index is 0.389. The summed E-state index contributed by atoms with van der Waals surface area (Å²) in [4.78, 5) is 4.03. The Labute approximate surface area is 105 Å². The molecule has 1 aromatic heterocycles. The highest BCUT2D eigenvalue weighted by atomic mass is 15.0. The van der Waals surface area contributed by atoms with Crippen molar-refractivity contribution >= 4 is 0 Å². The molecule has 0 radical (unpaired) electrons. The number of nitrogens with two attached hydrogens (primary N) is 1. The first-order valence-electron chi connectivity index (χ1n) is 7.04. The highest BCUT2D eigenvalue weighted by Crippen LogP contribution is 2.09. The minimum atomic E-state index is 0.389. The maximum atomic E-state index is 6.10.